The Kier molecular flexibility index (Phi) is 4.68. The van der Waals surface area contributed by atoms with Crippen molar-refractivity contribution in [3.05, 3.63) is 33.3 Å². The minimum Gasteiger partial charge on any atom is -0.466 e. The van der Waals surface area contributed by atoms with E-state index in [2.05, 4.69) is 15.9 Å². The Balaban J connectivity index is 2.96. The van der Waals surface area contributed by atoms with E-state index in [1.807, 2.05) is 6.92 Å². The SMILES string of the molecule is CCOC(=O)Cc1c(C)cc(C=O)cc1Br. The van der Waals surface area contributed by atoms with Crippen LogP contribution in [0.25, 0.3) is 0 Å². The molecule has 0 saturated heterocycles. The van der Waals surface area contributed by atoms with Gasteiger partial charge < -0.3 is 4.74 Å². The molecule has 0 aliphatic carbocycles. The quantitative estimate of drug-likeness (QED) is 0.631. The second-order valence-corrected chi connectivity index (χ2v) is 4.25. The summed E-state index contributed by atoms with van der Waals surface area (Å²) in [5, 5.41) is 0. The summed E-state index contributed by atoms with van der Waals surface area (Å²) in [6.07, 6.45) is 1.01. The summed E-state index contributed by atoms with van der Waals surface area (Å²) in [6, 6.07) is 3.46. The van der Waals surface area contributed by atoms with Gasteiger partial charge in [-0.15, -0.1) is 0 Å². The van der Waals surface area contributed by atoms with Gasteiger partial charge in [0.1, 0.15) is 6.29 Å². The lowest BCUT2D eigenvalue weighted by Crippen LogP contribution is -2.09. The van der Waals surface area contributed by atoms with Gasteiger partial charge in [-0.1, -0.05) is 15.9 Å². The van der Waals surface area contributed by atoms with Crippen molar-refractivity contribution in [2.75, 3.05) is 6.61 Å². The van der Waals surface area contributed by atoms with Crippen molar-refractivity contribution in [2.45, 2.75) is 20.3 Å². The number of ether oxygens (including phenoxy) is 1. The summed E-state index contributed by atoms with van der Waals surface area (Å²) < 4.78 is 5.65. The van der Waals surface area contributed by atoms with Crippen molar-refractivity contribution in [1.82, 2.24) is 0 Å². The molecule has 1 rings (SSSR count). The van der Waals surface area contributed by atoms with Crippen molar-refractivity contribution >= 4 is 28.2 Å². The predicted molar refractivity (Wildman–Crippen MR) is 64.6 cm³/mol. The first-order chi connectivity index (χ1) is 7.58. The molecule has 0 N–H and O–H groups in total. The van der Waals surface area contributed by atoms with Gasteiger partial charge >= 0.3 is 5.97 Å². The molecule has 0 fully saturated rings. The third kappa shape index (κ3) is 3.17. The van der Waals surface area contributed by atoms with Gasteiger partial charge in [0.05, 0.1) is 13.0 Å². The second kappa shape index (κ2) is 5.80. The first-order valence-electron chi connectivity index (χ1n) is 4.98. The monoisotopic (exact) mass is 284 g/mol. The average Bonchev–Trinajstić information content (AvgIpc) is 2.23. The Morgan fingerprint density at radius 1 is 1.50 bits per heavy atom. The van der Waals surface area contributed by atoms with Crippen LogP contribution in [0.2, 0.25) is 0 Å². The van der Waals surface area contributed by atoms with Gasteiger partial charge in [0, 0.05) is 10.0 Å². The molecule has 4 heteroatoms. The molecule has 1 aromatic carbocycles. The molecule has 3 nitrogen and oxygen atoms in total. The molecule has 86 valence electrons. The molecule has 0 radical (unpaired) electrons. The Bertz CT molecular complexity index is 390. The van der Waals surface area contributed by atoms with Crippen LogP contribution in [0.3, 0.4) is 0 Å². The fraction of sp³-hybridized carbons (Fsp3) is 0.333. The number of rotatable bonds is 4. The molecule has 0 aliphatic heterocycles. The normalized spacial score (nSPS) is 9.94. The minimum atomic E-state index is -0.259. The maximum atomic E-state index is 11.4. The number of hydrogen-bond acceptors (Lipinski definition) is 3. The number of carbonyl (C=O) groups excluding carboxylic acids is 2. The number of hydrogen-bond donors (Lipinski definition) is 0. The van der Waals surface area contributed by atoms with Gasteiger partial charge in [-0.3, -0.25) is 9.59 Å². The Morgan fingerprint density at radius 3 is 2.69 bits per heavy atom. The summed E-state index contributed by atoms with van der Waals surface area (Å²) in [4.78, 5) is 22.0. The summed E-state index contributed by atoms with van der Waals surface area (Å²) in [6.45, 7) is 4.02. The third-order valence-electron chi connectivity index (χ3n) is 2.20. The Morgan fingerprint density at radius 2 is 2.19 bits per heavy atom. The standard InChI is InChI=1S/C12H13BrO3/c1-3-16-12(15)6-10-8(2)4-9(7-14)5-11(10)13/h4-5,7H,3,6H2,1-2H3. The van der Waals surface area contributed by atoms with Crippen LogP contribution in [-0.2, 0) is 16.0 Å². The molecule has 0 bridgehead atoms. The Hall–Kier alpha value is -1.16. The van der Waals surface area contributed by atoms with Crippen molar-refractivity contribution in [1.29, 1.82) is 0 Å². The number of benzene rings is 1. The molecule has 0 atom stereocenters. The van der Waals surface area contributed by atoms with Crippen LogP contribution in [0, 0.1) is 6.92 Å². The summed E-state index contributed by atoms with van der Waals surface area (Å²) in [5.74, 6) is -0.259. The highest BCUT2D eigenvalue weighted by Gasteiger charge is 2.11. The maximum absolute atomic E-state index is 11.4. The van der Waals surface area contributed by atoms with Gasteiger partial charge in [-0.05, 0) is 37.1 Å². The summed E-state index contributed by atoms with van der Waals surface area (Å²) >= 11 is 3.35. The molecule has 0 aliphatic rings. The van der Waals surface area contributed by atoms with Crippen molar-refractivity contribution < 1.29 is 14.3 Å². The lowest BCUT2D eigenvalue weighted by Gasteiger charge is -2.09. The van der Waals surface area contributed by atoms with Gasteiger partial charge in [0.15, 0.2) is 0 Å². The van der Waals surface area contributed by atoms with E-state index >= 15 is 0 Å². The van der Waals surface area contributed by atoms with E-state index in [0.29, 0.717) is 12.2 Å². The van der Waals surface area contributed by atoms with Crippen molar-refractivity contribution in [3.63, 3.8) is 0 Å². The van der Waals surface area contributed by atoms with Crippen LogP contribution < -0.4 is 0 Å². The fourth-order valence-electron chi connectivity index (χ4n) is 1.45. The van der Waals surface area contributed by atoms with E-state index in [0.717, 1.165) is 21.9 Å². The number of esters is 1. The van der Waals surface area contributed by atoms with E-state index in [9.17, 15) is 9.59 Å². The lowest BCUT2D eigenvalue weighted by molar-refractivity contribution is -0.142. The number of carbonyl (C=O) groups is 2. The van der Waals surface area contributed by atoms with E-state index < -0.39 is 0 Å². The number of aldehydes is 1. The zero-order chi connectivity index (χ0) is 12.1. The predicted octanol–water partition coefficient (Wildman–Crippen LogP) is 2.68. The number of halogens is 1. The highest BCUT2D eigenvalue weighted by atomic mass is 79.9. The van der Waals surface area contributed by atoms with Crippen LogP contribution in [-0.4, -0.2) is 18.9 Å². The van der Waals surface area contributed by atoms with Crippen molar-refractivity contribution in [3.8, 4) is 0 Å². The van der Waals surface area contributed by atoms with Crippen LogP contribution in [0.4, 0.5) is 0 Å². The molecule has 16 heavy (non-hydrogen) atoms. The molecule has 0 unspecified atom stereocenters. The van der Waals surface area contributed by atoms with Gasteiger partial charge in [-0.25, -0.2) is 0 Å². The largest absolute Gasteiger partial charge is 0.466 e. The van der Waals surface area contributed by atoms with Crippen LogP contribution in [0.1, 0.15) is 28.4 Å². The van der Waals surface area contributed by atoms with E-state index in [-0.39, 0.29) is 12.4 Å². The van der Waals surface area contributed by atoms with Gasteiger partial charge in [-0.2, -0.15) is 0 Å². The summed E-state index contributed by atoms with van der Waals surface area (Å²) in [7, 11) is 0. The van der Waals surface area contributed by atoms with Crippen LogP contribution in [0.15, 0.2) is 16.6 Å². The zero-order valence-electron chi connectivity index (χ0n) is 9.25. The van der Waals surface area contributed by atoms with Gasteiger partial charge in [0.25, 0.3) is 0 Å². The smallest absolute Gasteiger partial charge is 0.310 e. The summed E-state index contributed by atoms with van der Waals surface area (Å²) in [5.41, 5.74) is 2.37. The highest BCUT2D eigenvalue weighted by molar-refractivity contribution is 9.10. The fourth-order valence-corrected chi connectivity index (χ4v) is 2.17. The molecule has 1 aromatic rings. The third-order valence-corrected chi connectivity index (χ3v) is 2.91. The first-order valence-corrected chi connectivity index (χ1v) is 5.77. The molecule has 0 spiro atoms. The average molecular weight is 285 g/mol. The van der Waals surface area contributed by atoms with Crippen molar-refractivity contribution in [2.24, 2.45) is 0 Å². The second-order valence-electron chi connectivity index (χ2n) is 3.40. The number of aryl methyl sites for hydroxylation is 1. The maximum Gasteiger partial charge on any atom is 0.310 e. The molecule has 0 saturated carbocycles. The van der Waals surface area contributed by atoms with E-state index in [1.165, 1.54) is 0 Å². The van der Waals surface area contributed by atoms with Crippen LogP contribution in [0.5, 0.6) is 0 Å². The van der Waals surface area contributed by atoms with Gasteiger partial charge in [0.2, 0.25) is 0 Å². The lowest BCUT2D eigenvalue weighted by atomic mass is 10.0. The minimum absolute atomic E-state index is 0.222. The Labute approximate surface area is 103 Å². The molecule has 0 heterocycles. The molecule has 0 amide bonds. The topological polar surface area (TPSA) is 43.4 Å². The molecule has 0 aromatic heterocycles. The zero-order valence-corrected chi connectivity index (χ0v) is 10.8. The van der Waals surface area contributed by atoms with Crippen LogP contribution >= 0.6 is 15.9 Å². The first kappa shape index (κ1) is 12.9. The molecular weight excluding hydrogens is 272 g/mol. The van der Waals surface area contributed by atoms with E-state index in [4.69, 9.17) is 4.74 Å². The highest BCUT2D eigenvalue weighted by Crippen LogP contribution is 2.23. The molecular formula is C12H13BrO3. The van der Waals surface area contributed by atoms with E-state index in [1.54, 1.807) is 19.1 Å².